The molecule has 2 atom stereocenters. The highest BCUT2D eigenvalue weighted by Crippen LogP contribution is 2.35. The van der Waals surface area contributed by atoms with Gasteiger partial charge in [-0.2, -0.15) is 0 Å². The van der Waals surface area contributed by atoms with Gasteiger partial charge in [0.2, 0.25) is 5.95 Å². The van der Waals surface area contributed by atoms with Crippen LogP contribution in [0, 0.1) is 5.92 Å². The van der Waals surface area contributed by atoms with Crippen molar-refractivity contribution in [3.8, 4) is 0 Å². The van der Waals surface area contributed by atoms with E-state index in [9.17, 15) is 0 Å². The molecule has 0 radical (unpaired) electrons. The Morgan fingerprint density at radius 3 is 2.56 bits per heavy atom. The van der Waals surface area contributed by atoms with Gasteiger partial charge in [0.15, 0.2) is 5.96 Å². The van der Waals surface area contributed by atoms with Gasteiger partial charge in [-0.25, -0.2) is 9.97 Å². The molecule has 2 aliphatic rings. The van der Waals surface area contributed by atoms with Crippen LogP contribution in [-0.4, -0.2) is 85.1 Å². The number of nitrogens with one attached hydrogen (secondary N) is 1. The van der Waals surface area contributed by atoms with E-state index >= 15 is 0 Å². The van der Waals surface area contributed by atoms with E-state index in [-0.39, 0.29) is 5.54 Å². The molecule has 2 unspecified atom stereocenters. The Morgan fingerprint density at radius 2 is 1.96 bits per heavy atom. The quantitative estimate of drug-likeness (QED) is 0.640. The van der Waals surface area contributed by atoms with E-state index in [1.54, 1.807) is 12.4 Å². The van der Waals surface area contributed by atoms with Crippen LogP contribution in [0.1, 0.15) is 32.6 Å². The molecule has 3 rings (SSSR count). The van der Waals surface area contributed by atoms with E-state index in [2.05, 4.69) is 56.0 Å². The number of aliphatic imine (C=N–C) groups is 1. The maximum atomic E-state index is 4.57. The average Bonchev–Trinajstić information content (AvgIpc) is 2.69. The van der Waals surface area contributed by atoms with E-state index in [4.69, 9.17) is 0 Å². The maximum Gasteiger partial charge on any atom is 0.225 e. The molecule has 1 aromatic heterocycles. The molecule has 0 aromatic carbocycles. The van der Waals surface area contributed by atoms with Gasteiger partial charge in [0.05, 0.1) is 0 Å². The fourth-order valence-electron chi connectivity index (χ4n) is 4.51. The van der Waals surface area contributed by atoms with Gasteiger partial charge in [0.1, 0.15) is 0 Å². The minimum Gasteiger partial charge on any atom is -0.354 e. The molecule has 1 N–H and O–H groups in total. The first kappa shape index (κ1) is 19.9. The second-order valence-corrected chi connectivity index (χ2v) is 8.24. The summed E-state index contributed by atoms with van der Waals surface area (Å²) in [6.45, 7) is 7.05. The first-order valence-electron chi connectivity index (χ1n) is 10.2. The van der Waals surface area contributed by atoms with Crippen molar-refractivity contribution in [3.05, 3.63) is 18.5 Å². The van der Waals surface area contributed by atoms with Gasteiger partial charge in [0, 0.05) is 57.7 Å². The van der Waals surface area contributed by atoms with Crippen molar-refractivity contribution < 1.29 is 0 Å². The highest BCUT2D eigenvalue weighted by molar-refractivity contribution is 5.80. The smallest absolute Gasteiger partial charge is 0.225 e. The third-order valence-electron chi connectivity index (χ3n) is 6.22. The molecule has 1 aromatic rings. The number of piperazine rings is 1. The molecule has 1 aliphatic carbocycles. The summed E-state index contributed by atoms with van der Waals surface area (Å²) < 4.78 is 0. The Morgan fingerprint density at radius 1 is 1.26 bits per heavy atom. The standard InChI is InChI=1S/C20H35N7/c1-17-7-5-8-20(15-17,25(3)4)16-24-18(21-2)26-11-13-27(14-12-26)19-22-9-6-10-23-19/h6,9-10,17H,5,7-8,11-16H2,1-4H3,(H,21,24). The molecule has 7 heteroatoms. The molecular weight excluding hydrogens is 338 g/mol. The summed E-state index contributed by atoms with van der Waals surface area (Å²) in [5, 5.41) is 3.69. The van der Waals surface area contributed by atoms with E-state index in [1.165, 1.54) is 25.7 Å². The molecule has 1 saturated carbocycles. The molecule has 1 saturated heterocycles. The van der Waals surface area contributed by atoms with Gasteiger partial charge in [-0.1, -0.05) is 19.8 Å². The molecule has 2 fully saturated rings. The van der Waals surface area contributed by atoms with Crippen LogP contribution in [0.3, 0.4) is 0 Å². The SMILES string of the molecule is CN=C(NCC1(N(C)C)CCCC(C)C1)N1CCN(c2ncccn2)CC1. The van der Waals surface area contributed by atoms with E-state index in [0.29, 0.717) is 0 Å². The van der Waals surface area contributed by atoms with Crippen LogP contribution in [0.15, 0.2) is 23.5 Å². The maximum absolute atomic E-state index is 4.57. The van der Waals surface area contributed by atoms with Crippen molar-refractivity contribution in [2.45, 2.75) is 38.1 Å². The topological polar surface area (TPSA) is 59.9 Å². The summed E-state index contributed by atoms with van der Waals surface area (Å²) in [6, 6.07) is 1.86. The fourth-order valence-corrected chi connectivity index (χ4v) is 4.51. The van der Waals surface area contributed by atoms with Crippen LogP contribution < -0.4 is 10.2 Å². The lowest BCUT2D eigenvalue weighted by Crippen LogP contribution is -2.59. The van der Waals surface area contributed by atoms with Crippen molar-refractivity contribution in [3.63, 3.8) is 0 Å². The molecule has 1 aliphatic heterocycles. The van der Waals surface area contributed by atoms with Gasteiger partial charge < -0.3 is 20.0 Å². The molecular formula is C20H35N7. The lowest BCUT2D eigenvalue weighted by atomic mass is 9.75. The van der Waals surface area contributed by atoms with Gasteiger partial charge in [0.25, 0.3) is 0 Å². The number of hydrogen-bond donors (Lipinski definition) is 1. The largest absolute Gasteiger partial charge is 0.354 e. The predicted molar refractivity (Wildman–Crippen MR) is 111 cm³/mol. The fraction of sp³-hybridized carbons (Fsp3) is 0.750. The zero-order chi connectivity index (χ0) is 19.3. The second-order valence-electron chi connectivity index (χ2n) is 8.24. The van der Waals surface area contributed by atoms with Gasteiger partial charge >= 0.3 is 0 Å². The van der Waals surface area contributed by atoms with Crippen molar-refractivity contribution in [2.24, 2.45) is 10.9 Å². The summed E-state index contributed by atoms with van der Waals surface area (Å²) >= 11 is 0. The zero-order valence-electron chi connectivity index (χ0n) is 17.4. The van der Waals surface area contributed by atoms with Crippen LogP contribution in [0.2, 0.25) is 0 Å². The molecule has 27 heavy (non-hydrogen) atoms. The van der Waals surface area contributed by atoms with E-state index in [1.807, 2.05) is 13.1 Å². The summed E-state index contributed by atoms with van der Waals surface area (Å²) in [7, 11) is 6.34. The normalized spacial score (nSPS) is 27.1. The summed E-state index contributed by atoms with van der Waals surface area (Å²) in [6.07, 6.45) is 8.79. The van der Waals surface area contributed by atoms with Gasteiger partial charge in [-0.15, -0.1) is 0 Å². The van der Waals surface area contributed by atoms with E-state index < -0.39 is 0 Å². The van der Waals surface area contributed by atoms with Crippen molar-refractivity contribution in [1.82, 2.24) is 25.1 Å². The third kappa shape index (κ3) is 4.69. The lowest BCUT2D eigenvalue weighted by molar-refractivity contribution is 0.0788. The summed E-state index contributed by atoms with van der Waals surface area (Å²) in [5.41, 5.74) is 0.229. The Labute approximate surface area is 163 Å². The zero-order valence-corrected chi connectivity index (χ0v) is 17.4. The number of guanidine groups is 1. The number of likely N-dealkylation sites (N-methyl/N-ethyl adjacent to an activating group) is 1. The Hall–Kier alpha value is -1.89. The van der Waals surface area contributed by atoms with Crippen LogP contribution >= 0.6 is 0 Å². The Bertz CT molecular complexity index is 610. The lowest BCUT2D eigenvalue weighted by Gasteiger charge is -2.46. The number of aromatic nitrogens is 2. The second kappa shape index (κ2) is 8.87. The van der Waals surface area contributed by atoms with Gasteiger partial charge in [-0.3, -0.25) is 4.99 Å². The first-order valence-corrected chi connectivity index (χ1v) is 10.2. The molecule has 2 heterocycles. The minimum absolute atomic E-state index is 0.229. The number of hydrogen-bond acceptors (Lipinski definition) is 5. The van der Waals surface area contributed by atoms with Crippen molar-refractivity contribution in [2.75, 3.05) is 58.8 Å². The van der Waals surface area contributed by atoms with Crippen LogP contribution in [0.4, 0.5) is 5.95 Å². The molecule has 0 spiro atoms. The number of rotatable bonds is 4. The van der Waals surface area contributed by atoms with Crippen LogP contribution in [0.5, 0.6) is 0 Å². The van der Waals surface area contributed by atoms with Crippen molar-refractivity contribution >= 4 is 11.9 Å². The minimum atomic E-state index is 0.229. The predicted octanol–water partition coefficient (Wildman–Crippen LogP) is 1.68. The van der Waals surface area contributed by atoms with Gasteiger partial charge in [-0.05, 0) is 38.9 Å². The van der Waals surface area contributed by atoms with Crippen LogP contribution in [-0.2, 0) is 0 Å². The third-order valence-corrected chi connectivity index (χ3v) is 6.22. The van der Waals surface area contributed by atoms with Crippen LogP contribution in [0.25, 0.3) is 0 Å². The monoisotopic (exact) mass is 373 g/mol. The molecule has 0 amide bonds. The molecule has 7 nitrogen and oxygen atoms in total. The summed E-state index contributed by atoms with van der Waals surface area (Å²) in [5.74, 6) is 2.63. The molecule has 0 bridgehead atoms. The Balaban J connectivity index is 1.56. The first-order chi connectivity index (χ1) is 13.0. The number of anilines is 1. The Kier molecular flexibility index (Phi) is 6.52. The summed E-state index contributed by atoms with van der Waals surface area (Å²) in [4.78, 5) is 20.3. The van der Waals surface area contributed by atoms with E-state index in [0.717, 1.165) is 50.5 Å². The molecule has 150 valence electrons. The highest BCUT2D eigenvalue weighted by atomic mass is 15.4. The number of nitrogens with zero attached hydrogens (tertiary/aromatic N) is 6. The highest BCUT2D eigenvalue weighted by Gasteiger charge is 2.37. The average molecular weight is 374 g/mol. The van der Waals surface area contributed by atoms with Crippen molar-refractivity contribution in [1.29, 1.82) is 0 Å².